The molecule has 0 bridgehead atoms. The maximum absolute atomic E-state index is 13.0. The number of nitrogens with one attached hydrogen (secondary N) is 1. The van der Waals surface area contributed by atoms with Gasteiger partial charge in [0.05, 0.1) is 0 Å². The molecule has 1 fully saturated rings. The normalized spacial score (nSPS) is 15.7. The zero-order valence-corrected chi connectivity index (χ0v) is 16.9. The van der Waals surface area contributed by atoms with Crippen molar-refractivity contribution in [2.45, 2.75) is 38.8 Å². The van der Waals surface area contributed by atoms with E-state index in [1.165, 1.54) is 16.5 Å². The second-order valence-electron chi connectivity index (χ2n) is 7.98. The first kappa shape index (κ1) is 19.6. The van der Waals surface area contributed by atoms with Crippen LogP contribution in [-0.2, 0) is 17.8 Å². The Morgan fingerprint density at radius 3 is 2.52 bits per heavy atom. The molecule has 0 spiro atoms. The predicted molar refractivity (Wildman–Crippen MR) is 114 cm³/mol. The van der Waals surface area contributed by atoms with E-state index in [9.17, 15) is 9.18 Å². The third-order valence-electron chi connectivity index (χ3n) is 5.91. The first-order chi connectivity index (χ1) is 14.1. The number of halogens is 1. The summed E-state index contributed by atoms with van der Waals surface area (Å²) < 4.78 is 15.4. The first-order valence-corrected chi connectivity index (χ1v) is 10.4. The van der Waals surface area contributed by atoms with E-state index in [2.05, 4.69) is 45.2 Å². The van der Waals surface area contributed by atoms with Crippen LogP contribution in [0.15, 0.2) is 54.7 Å². The van der Waals surface area contributed by atoms with Crippen LogP contribution < -0.4 is 5.32 Å². The SMILES string of the molecule is CC(=O)NCc1ccc2ccn(C3CCN(CCc4ccc(F)cc4)CC3)c2c1. The van der Waals surface area contributed by atoms with Crippen molar-refractivity contribution in [3.8, 4) is 0 Å². The predicted octanol–water partition coefficient (Wildman–Crippen LogP) is 4.30. The van der Waals surface area contributed by atoms with Gasteiger partial charge in [-0.25, -0.2) is 4.39 Å². The van der Waals surface area contributed by atoms with Crippen molar-refractivity contribution in [2.24, 2.45) is 0 Å². The number of nitrogens with zero attached hydrogens (tertiary/aromatic N) is 2. The summed E-state index contributed by atoms with van der Waals surface area (Å²) in [4.78, 5) is 13.7. The van der Waals surface area contributed by atoms with Crippen LogP contribution in [0.5, 0.6) is 0 Å². The van der Waals surface area contributed by atoms with Crippen LogP contribution in [0.25, 0.3) is 10.9 Å². The molecule has 1 saturated heterocycles. The second-order valence-corrected chi connectivity index (χ2v) is 7.98. The van der Waals surface area contributed by atoms with Gasteiger partial charge in [0.25, 0.3) is 0 Å². The molecule has 0 atom stereocenters. The van der Waals surface area contributed by atoms with Crippen LogP contribution in [-0.4, -0.2) is 35.0 Å². The lowest BCUT2D eigenvalue weighted by Gasteiger charge is -2.33. The lowest BCUT2D eigenvalue weighted by Crippen LogP contribution is -2.35. The van der Waals surface area contributed by atoms with Gasteiger partial charge in [-0.3, -0.25) is 4.79 Å². The second kappa shape index (κ2) is 8.78. The third-order valence-corrected chi connectivity index (χ3v) is 5.91. The Morgan fingerprint density at radius 1 is 1.07 bits per heavy atom. The van der Waals surface area contributed by atoms with Crippen LogP contribution in [0, 0.1) is 5.82 Å². The summed E-state index contributed by atoms with van der Waals surface area (Å²) in [5.74, 6) is -0.178. The van der Waals surface area contributed by atoms with Gasteiger partial charge in [0.15, 0.2) is 0 Å². The number of piperidine rings is 1. The van der Waals surface area contributed by atoms with Gasteiger partial charge in [-0.2, -0.15) is 0 Å². The number of aromatic nitrogens is 1. The van der Waals surface area contributed by atoms with E-state index in [1.807, 2.05) is 12.1 Å². The highest BCUT2D eigenvalue weighted by atomic mass is 19.1. The molecule has 29 heavy (non-hydrogen) atoms. The Hall–Kier alpha value is -2.66. The summed E-state index contributed by atoms with van der Waals surface area (Å²) in [5.41, 5.74) is 3.57. The highest BCUT2D eigenvalue weighted by molar-refractivity contribution is 5.81. The topological polar surface area (TPSA) is 37.3 Å². The van der Waals surface area contributed by atoms with Crippen molar-refractivity contribution in [2.75, 3.05) is 19.6 Å². The maximum Gasteiger partial charge on any atom is 0.217 e. The summed E-state index contributed by atoms with van der Waals surface area (Å²) >= 11 is 0. The van der Waals surface area contributed by atoms with E-state index in [-0.39, 0.29) is 11.7 Å². The quantitative estimate of drug-likeness (QED) is 0.678. The molecule has 152 valence electrons. The van der Waals surface area contributed by atoms with Crippen molar-refractivity contribution >= 4 is 16.8 Å². The molecule has 1 amide bonds. The van der Waals surface area contributed by atoms with Crippen LogP contribution >= 0.6 is 0 Å². The number of carbonyl (C=O) groups is 1. The van der Waals surface area contributed by atoms with Crippen molar-refractivity contribution in [1.29, 1.82) is 0 Å². The van der Waals surface area contributed by atoms with Gasteiger partial charge in [0.2, 0.25) is 5.91 Å². The lowest BCUT2D eigenvalue weighted by atomic mass is 10.0. The van der Waals surface area contributed by atoms with Crippen LogP contribution in [0.2, 0.25) is 0 Å². The van der Waals surface area contributed by atoms with Gasteiger partial charge in [-0.1, -0.05) is 24.3 Å². The average Bonchev–Trinajstić information content (AvgIpc) is 3.15. The maximum atomic E-state index is 13.0. The molecule has 4 rings (SSSR count). The van der Waals surface area contributed by atoms with E-state index in [0.717, 1.165) is 44.5 Å². The molecular formula is C24H28FN3O. The summed E-state index contributed by atoms with van der Waals surface area (Å²) in [5, 5.41) is 4.12. The summed E-state index contributed by atoms with van der Waals surface area (Å²) in [6.45, 7) is 5.29. The molecule has 1 N–H and O–H groups in total. The van der Waals surface area contributed by atoms with Gasteiger partial charge >= 0.3 is 0 Å². The molecule has 2 heterocycles. The molecule has 3 aromatic rings. The fourth-order valence-electron chi connectivity index (χ4n) is 4.21. The number of hydrogen-bond acceptors (Lipinski definition) is 2. The van der Waals surface area contributed by atoms with Gasteiger partial charge in [0, 0.05) is 50.9 Å². The minimum absolute atomic E-state index is 0.00603. The monoisotopic (exact) mass is 393 g/mol. The molecule has 5 heteroatoms. The Bertz CT molecular complexity index is 971. The van der Waals surface area contributed by atoms with Crippen molar-refractivity contribution in [3.05, 3.63) is 71.7 Å². The number of rotatable bonds is 6. The van der Waals surface area contributed by atoms with E-state index >= 15 is 0 Å². The van der Waals surface area contributed by atoms with Gasteiger partial charge in [-0.15, -0.1) is 0 Å². The largest absolute Gasteiger partial charge is 0.352 e. The zero-order valence-electron chi connectivity index (χ0n) is 16.9. The molecule has 1 aromatic heterocycles. The van der Waals surface area contributed by atoms with E-state index < -0.39 is 0 Å². The highest BCUT2D eigenvalue weighted by Crippen LogP contribution is 2.28. The molecule has 0 unspecified atom stereocenters. The van der Waals surface area contributed by atoms with Gasteiger partial charge in [0.1, 0.15) is 5.82 Å². The molecule has 2 aromatic carbocycles. The number of likely N-dealkylation sites (tertiary alicyclic amines) is 1. The zero-order chi connectivity index (χ0) is 20.2. The van der Waals surface area contributed by atoms with E-state index in [4.69, 9.17) is 0 Å². The minimum Gasteiger partial charge on any atom is -0.352 e. The van der Waals surface area contributed by atoms with Crippen molar-refractivity contribution in [1.82, 2.24) is 14.8 Å². The number of amides is 1. The van der Waals surface area contributed by atoms with Crippen LogP contribution in [0.4, 0.5) is 4.39 Å². The van der Waals surface area contributed by atoms with Crippen molar-refractivity contribution < 1.29 is 9.18 Å². The Balaban J connectivity index is 1.36. The highest BCUT2D eigenvalue weighted by Gasteiger charge is 2.21. The summed E-state index contributed by atoms with van der Waals surface area (Å²) in [6, 6.07) is 16.0. The average molecular weight is 394 g/mol. The minimum atomic E-state index is -0.172. The Kier molecular flexibility index (Phi) is 5.95. The molecule has 1 aliphatic heterocycles. The Morgan fingerprint density at radius 2 is 1.79 bits per heavy atom. The summed E-state index contributed by atoms with van der Waals surface area (Å²) in [7, 11) is 0. The Labute approximate surface area is 171 Å². The molecule has 1 aliphatic rings. The molecule has 4 nitrogen and oxygen atoms in total. The fourth-order valence-corrected chi connectivity index (χ4v) is 4.21. The fraction of sp³-hybridized carbons (Fsp3) is 0.375. The number of hydrogen-bond donors (Lipinski definition) is 1. The lowest BCUT2D eigenvalue weighted by molar-refractivity contribution is -0.119. The van der Waals surface area contributed by atoms with Gasteiger partial charge < -0.3 is 14.8 Å². The molecular weight excluding hydrogens is 365 g/mol. The smallest absolute Gasteiger partial charge is 0.217 e. The molecule has 0 aliphatic carbocycles. The standard InChI is InChI=1S/C24H28FN3O/c1-18(29)26-17-20-2-5-21-9-15-28(24(21)16-20)23-10-13-27(14-11-23)12-8-19-3-6-22(25)7-4-19/h2-7,9,15-16,23H,8,10-14,17H2,1H3,(H,26,29). The van der Waals surface area contributed by atoms with Crippen molar-refractivity contribution in [3.63, 3.8) is 0 Å². The van der Waals surface area contributed by atoms with E-state index in [1.54, 1.807) is 19.1 Å². The first-order valence-electron chi connectivity index (χ1n) is 10.4. The van der Waals surface area contributed by atoms with Gasteiger partial charge in [-0.05, 0) is 60.0 Å². The molecule has 0 saturated carbocycles. The number of benzene rings is 2. The van der Waals surface area contributed by atoms with Crippen LogP contribution in [0.3, 0.4) is 0 Å². The summed E-state index contributed by atoms with van der Waals surface area (Å²) in [6.07, 6.45) is 5.42. The number of fused-ring (bicyclic) bond motifs is 1. The third kappa shape index (κ3) is 4.85. The molecule has 0 radical (unpaired) electrons. The van der Waals surface area contributed by atoms with Crippen LogP contribution in [0.1, 0.15) is 36.9 Å². The van der Waals surface area contributed by atoms with E-state index in [0.29, 0.717) is 12.6 Å². The number of carbonyl (C=O) groups excluding carboxylic acids is 1.